The summed E-state index contributed by atoms with van der Waals surface area (Å²) in [6.07, 6.45) is 0. The number of aromatic nitrogens is 2. The number of aryl methyl sites for hydroxylation is 4. The fourth-order valence-corrected chi connectivity index (χ4v) is 3.73. The number of rotatable bonds is 4. The average molecular weight is 284 g/mol. The first-order valence-electron chi connectivity index (χ1n) is 5.66. The second-order valence-electron chi connectivity index (χ2n) is 4.23. The molecule has 0 saturated heterocycles. The van der Waals surface area contributed by atoms with Crippen LogP contribution in [0.1, 0.15) is 32.9 Å². The highest BCUT2D eigenvalue weighted by Crippen LogP contribution is 2.19. The fourth-order valence-electron chi connectivity index (χ4n) is 1.53. The Bertz CT molecular complexity index is 498. The molecule has 2 aromatic heterocycles. The molecule has 6 heteroatoms. The Morgan fingerprint density at radius 1 is 1.11 bits per heavy atom. The molecule has 2 rings (SSSR count). The monoisotopic (exact) mass is 284 g/mol. The fraction of sp³-hybridized carbons (Fsp3) is 0.500. The van der Waals surface area contributed by atoms with Gasteiger partial charge in [-0.2, -0.15) is 0 Å². The molecule has 0 unspecified atom stereocenters. The molecule has 0 fully saturated rings. The van der Waals surface area contributed by atoms with Crippen LogP contribution in [0.2, 0.25) is 0 Å². The molecule has 0 amide bonds. The van der Waals surface area contributed by atoms with Gasteiger partial charge in [0.05, 0.1) is 17.1 Å². The van der Waals surface area contributed by atoms with Crippen molar-refractivity contribution in [3.8, 4) is 0 Å². The molecule has 0 radical (unpaired) electrons. The predicted molar refractivity (Wildman–Crippen MR) is 73.1 cm³/mol. The first kappa shape index (κ1) is 13.4. The summed E-state index contributed by atoms with van der Waals surface area (Å²) in [5.41, 5.74) is 1.89. The minimum Gasteiger partial charge on any atom is -0.445 e. The van der Waals surface area contributed by atoms with Gasteiger partial charge in [0.15, 0.2) is 0 Å². The van der Waals surface area contributed by atoms with Crippen molar-refractivity contribution in [1.29, 1.82) is 0 Å². The summed E-state index contributed by atoms with van der Waals surface area (Å²) in [6.45, 7) is 7.75. The lowest BCUT2D eigenvalue weighted by atomic mass is 10.4. The molecule has 2 aromatic rings. The molecule has 0 aromatic carbocycles. The number of hydrogen-bond acceptors (Lipinski definition) is 5. The highest BCUT2D eigenvalue weighted by atomic mass is 32.2. The van der Waals surface area contributed by atoms with Gasteiger partial charge in [0.2, 0.25) is 5.89 Å². The SMILES string of the molecule is Cc1nc(C[S@](=O)Cc2nc(C)c(C)s2)oc1C. The van der Waals surface area contributed by atoms with Gasteiger partial charge in [-0.15, -0.1) is 11.3 Å². The molecule has 18 heavy (non-hydrogen) atoms. The molecule has 4 nitrogen and oxygen atoms in total. The van der Waals surface area contributed by atoms with E-state index in [-0.39, 0.29) is 0 Å². The molecule has 0 aliphatic carbocycles. The molecular formula is C12H16N2O2S2. The van der Waals surface area contributed by atoms with E-state index in [0.717, 1.165) is 22.2 Å². The van der Waals surface area contributed by atoms with Gasteiger partial charge < -0.3 is 4.42 Å². The van der Waals surface area contributed by atoms with Crippen LogP contribution in [0.15, 0.2) is 4.42 Å². The van der Waals surface area contributed by atoms with E-state index in [0.29, 0.717) is 17.4 Å². The maximum absolute atomic E-state index is 12.0. The molecule has 0 N–H and O–H groups in total. The average Bonchev–Trinajstić information content (AvgIpc) is 2.72. The van der Waals surface area contributed by atoms with Crippen LogP contribution in [0.25, 0.3) is 0 Å². The van der Waals surface area contributed by atoms with Crippen molar-refractivity contribution < 1.29 is 8.63 Å². The zero-order chi connectivity index (χ0) is 13.3. The number of nitrogens with zero attached hydrogens (tertiary/aromatic N) is 2. The lowest BCUT2D eigenvalue weighted by molar-refractivity contribution is 0.487. The maximum atomic E-state index is 12.0. The van der Waals surface area contributed by atoms with E-state index in [1.807, 2.05) is 27.7 Å². The van der Waals surface area contributed by atoms with Crippen molar-refractivity contribution in [2.45, 2.75) is 39.2 Å². The third-order valence-corrected chi connectivity index (χ3v) is 5.13. The molecule has 0 aliphatic heterocycles. The van der Waals surface area contributed by atoms with Crippen LogP contribution in [0.5, 0.6) is 0 Å². The summed E-state index contributed by atoms with van der Waals surface area (Å²) in [6, 6.07) is 0. The van der Waals surface area contributed by atoms with Crippen molar-refractivity contribution in [1.82, 2.24) is 9.97 Å². The summed E-state index contributed by atoms with van der Waals surface area (Å²) < 4.78 is 17.4. The first-order valence-corrected chi connectivity index (χ1v) is 7.97. The summed E-state index contributed by atoms with van der Waals surface area (Å²) in [4.78, 5) is 9.81. The van der Waals surface area contributed by atoms with E-state index >= 15 is 0 Å². The summed E-state index contributed by atoms with van der Waals surface area (Å²) in [5, 5.41) is 0.920. The van der Waals surface area contributed by atoms with Crippen LogP contribution < -0.4 is 0 Å². The predicted octanol–water partition coefficient (Wildman–Crippen LogP) is 2.81. The Morgan fingerprint density at radius 2 is 1.83 bits per heavy atom. The second kappa shape index (κ2) is 5.32. The van der Waals surface area contributed by atoms with Gasteiger partial charge in [-0.05, 0) is 27.7 Å². The molecular weight excluding hydrogens is 268 g/mol. The van der Waals surface area contributed by atoms with E-state index in [2.05, 4.69) is 9.97 Å². The van der Waals surface area contributed by atoms with Gasteiger partial charge in [0.1, 0.15) is 16.5 Å². The summed E-state index contributed by atoms with van der Waals surface area (Å²) in [7, 11) is -1.02. The van der Waals surface area contributed by atoms with Gasteiger partial charge in [-0.25, -0.2) is 9.97 Å². The van der Waals surface area contributed by atoms with E-state index in [4.69, 9.17) is 4.42 Å². The van der Waals surface area contributed by atoms with E-state index < -0.39 is 10.8 Å². The molecule has 98 valence electrons. The Kier molecular flexibility index (Phi) is 3.97. The number of hydrogen-bond donors (Lipinski definition) is 0. The summed E-state index contributed by atoms with van der Waals surface area (Å²) in [5.74, 6) is 2.17. The second-order valence-corrected chi connectivity index (χ2v) is 6.97. The van der Waals surface area contributed by atoms with Gasteiger partial charge in [-0.1, -0.05) is 0 Å². The van der Waals surface area contributed by atoms with Gasteiger partial charge in [0.25, 0.3) is 0 Å². The van der Waals surface area contributed by atoms with Gasteiger partial charge in [0, 0.05) is 15.7 Å². The van der Waals surface area contributed by atoms with Gasteiger partial charge >= 0.3 is 0 Å². The van der Waals surface area contributed by atoms with Crippen molar-refractivity contribution >= 4 is 22.1 Å². The van der Waals surface area contributed by atoms with E-state index in [1.54, 1.807) is 11.3 Å². The molecule has 0 saturated carbocycles. The highest BCUT2D eigenvalue weighted by molar-refractivity contribution is 7.83. The minimum absolute atomic E-state index is 0.354. The van der Waals surface area contributed by atoms with Crippen LogP contribution in [0.3, 0.4) is 0 Å². The lowest BCUT2D eigenvalue weighted by Gasteiger charge is -1.95. The molecule has 2 heterocycles. The molecule has 0 bridgehead atoms. The lowest BCUT2D eigenvalue weighted by Crippen LogP contribution is -1.99. The molecule has 0 spiro atoms. The smallest absolute Gasteiger partial charge is 0.207 e. The Morgan fingerprint density at radius 3 is 2.33 bits per heavy atom. The molecule has 1 atom stereocenters. The standard InChI is InChI=1S/C12H16N2O2S2/c1-7-9(3)16-11(13-7)5-18(15)6-12-14-8(2)10(4)17-12/h5-6H2,1-4H3/t18-/m0/s1. The Labute approximate surface area is 113 Å². The third-order valence-electron chi connectivity index (χ3n) is 2.71. The summed E-state index contributed by atoms with van der Waals surface area (Å²) >= 11 is 1.61. The topological polar surface area (TPSA) is 56.0 Å². The van der Waals surface area contributed by atoms with E-state index in [9.17, 15) is 4.21 Å². The van der Waals surface area contributed by atoms with Crippen LogP contribution >= 0.6 is 11.3 Å². The Balaban J connectivity index is 2.00. The van der Waals surface area contributed by atoms with E-state index in [1.165, 1.54) is 4.88 Å². The van der Waals surface area contributed by atoms with Crippen molar-refractivity contribution in [3.05, 3.63) is 32.9 Å². The zero-order valence-electron chi connectivity index (χ0n) is 10.9. The zero-order valence-corrected chi connectivity index (χ0v) is 12.6. The first-order chi connectivity index (χ1) is 8.45. The quantitative estimate of drug-likeness (QED) is 0.866. The van der Waals surface area contributed by atoms with Crippen molar-refractivity contribution in [2.75, 3.05) is 0 Å². The van der Waals surface area contributed by atoms with Crippen LogP contribution in [-0.2, 0) is 22.3 Å². The molecule has 0 aliphatic rings. The number of oxazole rings is 1. The van der Waals surface area contributed by atoms with Crippen LogP contribution in [0.4, 0.5) is 0 Å². The normalized spacial score (nSPS) is 12.9. The largest absolute Gasteiger partial charge is 0.445 e. The van der Waals surface area contributed by atoms with Crippen LogP contribution in [0, 0.1) is 27.7 Å². The van der Waals surface area contributed by atoms with Crippen molar-refractivity contribution in [2.24, 2.45) is 0 Å². The Hall–Kier alpha value is -1.01. The minimum atomic E-state index is -1.02. The number of thiazole rings is 1. The van der Waals surface area contributed by atoms with Gasteiger partial charge in [-0.3, -0.25) is 4.21 Å². The highest BCUT2D eigenvalue weighted by Gasteiger charge is 2.12. The van der Waals surface area contributed by atoms with Crippen molar-refractivity contribution in [3.63, 3.8) is 0 Å². The third kappa shape index (κ3) is 3.05. The maximum Gasteiger partial charge on any atom is 0.207 e. The van der Waals surface area contributed by atoms with Crippen LogP contribution in [-0.4, -0.2) is 14.2 Å².